The second kappa shape index (κ2) is 46.7. The molecule has 118 heavy (non-hydrogen) atoms. The van der Waals surface area contributed by atoms with Gasteiger partial charge in [0.25, 0.3) is 30.4 Å². The van der Waals surface area contributed by atoms with Crippen molar-refractivity contribution in [3.63, 3.8) is 0 Å². The molecule has 6 aromatic carbocycles. The number of halogens is 2. The van der Waals surface area contributed by atoms with Crippen molar-refractivity contribution in [2.24, 2.45) is 23.7 Å². The minimum absolute atomic E-state index is 0. The predicted octanol–water partition coefficient (Wildman–Crippen LogP) is 3.52. The van der Waals surface area contributed by atoms with Crippen LogP contribution < -0.4 is 48.7 Å². The topological polar surface area (TPSA) is 529 Å². The molecule has 5 aliphatic heterocycles. The minimum atomic E-state index is -4.78. The number of methoxy groups -OCH3 is 3. The molecule has 648 valence electrons. The molecule has 0 spiro atoms. The standard InChI is InChI=1S/2C17H19O3S.C13H12O3.2C9H12O8S2.C4H8OS.CH2Cl2.CH4O3S.Na.H2O5P2/c2*1-19-17(18)12-20-15-8-9-16(21-10-4-5-11-21)14-7-3-2-6-13(14)15;1-15-13(14)9-16-12-8-4-6-10-5-2-3-7-11(10)12;2*10-7(3-18(11,12)13)16-8-4-1-5-6(2-4)19(14,15)17-9(5)8;5-6-3-1-2-4-6;2-1-3;1-5(2,3)4;;1-6(2)7(3,4)5/h2*2-3,6-9H,4-5,10-12H2,1H3;2-8H,9H2,1H3;2*4-6,8-9H,1-3H2,(H,11,12,13);1-4H2;1H2;1H3,(H,2,3,4);;(H2,3,4,5)/q2*+1;;;;;;;+1;/p-2. The maximum absolute atomic E-state index is 11.6. The first kappa shape index (κ1) is 102. The summed E-state index contributed by atoms with van der Waals surface area (Å²) in [6.45, 7) is -0.165. The number of hydrogen-bond donors (Lipinski definition) is 3. The van der Waals surface area contributed by atoms with Gasteiger partial charge in [0, 0.05) is 94.7 Å². The Bertz CT molecular complexity index is 4910. The van der Waals surface area contributed by atoms with Gasteiger partial charge in [0.05, 0.1) is 43.4 Å². The van der Waals surface area contributed by atoms with Crippen LogP contribution in [0, 0.1) is 23.7 Å². The zero-order valence-electron chi connectivity index (χ0n) is 64.2. The molecule has 15 rings (SSSR count). The fourth-order valence-corrected chi connectivity index (χ4v) is 25.0. The fraction of sp³-hybridized carbons (Fsp3) is 0.507. The number of carbonyl (C=O) groups is 5. The van der Waals surface area contributed by atoms with Gasteiger partial charge in [-0.15, -0.1) is 23.2 Å². The van der Waals surface area contributed by atoms with Gasteiger partial charge in [-0.05, 0) is 112 Å². The summed E-state index contributed by atoms with van der Waals surface area (Å²) in [6, 6.07) is 38.5. The predicted molar refractivity (Wildman–Crippen MR) is 431 cm³/mol. The molecule has 0 aromatic heterocycles. The van der Waals surface area contributed by atoms with Crippen LogP contribution in [-0.2, 0) is 148 Å². The third-order valence-electron chi connectivity index (χ3n) is 19.0. The smallest absolute Gasteiger partial charge is 0.748 e. The quantitative estimate of drug-likeness (QED) is 0.0162. The van der Waals surface area contributed by atoms with Crippen molar-refractivity contribution < 1.29 is 184 Å². The number of ether oxygens (including phenoxy) is 8. The van der Waals surface area contributed by atoms with Crippen LogP contribution in [0.15, 0.2) is 125 Å². The maximum atomic E-state index is 11.6. The van der Waals surface area contributed by atoms with Crippen LogP contribution in [0.2, 0.25) is 0 Å². The Morgan fingerprint density at radius 1 is 0.534 bits per heavy atom. The summed E-state index contributed by atoms with van der Waals surface area (Å²) in [7, 11) is -24.2. The first-order valence-electron chi connectivity index (χ1n) is 35.6. The molecule has 6 aromatic rings. The van der Waals surface area contributed by atoms with E-state index in [1.165, 1.54) is 103 Å². The van der Waals surface area contributed by atoms with Gasteiger partial charge in [0.1, 0.15) is 96.4 Å². The Balaban J connectivity index is 0.000000215. The van der Waals surface area contributed by atoms with E-state index in [1.807, 2.05) is 66.7 Å². The molecule has 34 nitrogen and oxygen atoms in total. The number of rotatable bonds is 18. The molecular weight excluding hydrogens is 1810 g/mol. The van der Waals surface area contributed by atoms with E-state index in [-0.39, 0.29) is 96.3 Å². The average Bonchev–Trinajstić information content (AvgIpc) is 1.56. The summed E-state index contributed by atoms with van der Waals surface area (Å²) in [6.07, 6.45) is 7.28. The molecule has 5 heterocycles. The number of fused-ring (bicyclic) bond motifs is 5. The van der Waals surface area contributed by atoms with Gasteiger partial charge < -0.3 is 51.9 Å². The Kier molecular flexibility index (Phi) is 40.3. The van der Waals surface area contributed by atoms with E-state index in [2.05, 4.69) is 62.7 Å². The Hall–Kier alpha value is -4.96. The third kappa shape index (κ3) is 31.1. The number of alkyl halides is 2. The zero-order chi connectivity index (χ0) is 86.4. The summed E-state index contributed by atoms with van der Waals surface area (Å²) < 4.78 is 214. The molecule has 0 amide bonds. The summed E-state index contributed by atoms with van der Waals surface area (Å²) in [5.74, 6) is 2.72. The zero-order valence-corrected chi connectivity index (χ0v) is 76.0. The van der Waals surface area contributed by atoms with Gasteiger partial charge in [0.2, 0.25) is 0 Å². The molecule has 11 atom stereocenters. The van der Waals surface area contributed by atoms with E-state index >= 15 is 0 Å². The van der Waals surface area contributed by atoms with E-state index in [9.17, 15) is 93.4 Å². The van der Waals surface area contributed by atoms with Crippen LogP contribution in [-0.4, -0.2) is 233 Å². The van der Waals surface area contributed by atoms with Crippen molar-refractivity contribution >= 4 is 184 Å². The number of hydrogen-bond acceptors (Lipinski definition) is 31. The second-order valence-corrected chi connectivity index (χ2v) is 45.8. The van der Waals surface area contributed by atoms with E-state index < -0.39 is 135 Å². The minimum Gasteiger partial charge on any atom is -0.748 e. The Morgan fingerprint density at radius 2 is 0.847 bits per heavy atom. The van der Waals surface area contributed by atoms with Gasteiger partial charge >= 0.3 is 74.4 Å². The van der Waals surface area contributed by atoms with Crippen LogP contribution in [0.25, 0.3) is 32.3 Å². The number of carbonyl (C=O) groups excluding carboxylic acids is 5. The molecule has 9 aliphatic rings. The summed E-state index contributed by atoms with van der Waals surface area (Å²) in [5.41, 5.74) is 0. The van der Waals surface area contributed by atoms with E-state index in [4.69, 9.17) is 69.6 Å². The van der Waals surface area contributed by atoms with Crippen molar-refractivity contribution in [2.45, 2.75) is 109 Å². The number of esters is 5. The second-order valence-electron chi connectivity index (χ2n) is 26.9. The normalized spacial score (nSPS) is 23.2. The van der Waals surface area contributed by atoms with Crippen molar-refractivity contribution in [1.82, 2.24) is 0 Å². The molecule has 0 radical (unpaired) electrons. The molecule has 4 aliphatic carbocycles. The number of benzene rings is 6. The van der Waals surface area contributed by atoms with Crippen LogP contribution in [0.4, 0.5) is 0 Å². The molecule has 47 heteroatoms. The Labute approximate surface area is 724 Å². The molecule has 5 saturated heterocycles. The van der Waals surface area contributed by atoms with Crippen LogP contribution >= 0.6 is 38.2 Å². The third-order valence-corrected chi connectivity index (χ3v) is 32.0. The van der Waals surface area contributed by atoms with Crippen molar-refractivity contribution in [1.29, 1.82) is 0 Å². The average molecular weight is 1900 g/mol. The van der Waals surface area contributed by atoms with Crippen molar-refractivity contribution in [2.75, 3.05) is 98.8 Å². The summed E-state index contributed by atoms with van der Waals surface area (Å²) >= 11 is 9.53. The summed E-state index contributed by atoms with van der Waals surface area (Å²) in [4.78, 5) is 83.5. The maximum Gasteiger partial charge on any atom is 1.00 e. The Morgan fingerprint density at radius 3 is 1.16 bits per heavy atom. The SMILES string of the molecule is COC(=O)COc1ccc([S+]2CCCC2)c2ccccc12.COC(=O)COc1ccc([S+]2CCCC2)c2ccccc12.COC(=O)COc1cccc2ccccc12.CS(=O)(=O)O.ClCCl.O=C(CS(=O)(=O)[O-])OC1C2CC3C1OS(=O)(=O)C3C2.O=C(CS(=O)(=O)[O-])OC1C2CC3C1OS(=O)(=O)C3C2.O=S1CCCC1.O=[P+]([O-])P(=O)(O)O.[Na+]. The molecule has 3 N–H and O–H groups in total. The van der Waals surface area contributed by atoms with Gasteiger partial charge in [-0.25, -0.2) is 35.8 Å². The largest absolute Gasteiger partial charge is 1.00 e. The van der Waals surface area contributed by atoms with Crippen LogP contribution in [0.5, 0.6) is 17.2 Å². The molecule has 4 saturated carbocycles. The van der Waals surface area contributed by atoms with E-state index in [0.717, 1.165) is 44.5 Å². The first-order valence-corrected chi connectivity index (χ1v) is 52.8. The first-order chi connectivity index (χ1) is 55.0. The van der Waals surface area contributed by atoms with Crippen LogP contribution in [0.1, 0.15) is 64.2 Å². The molecular formula is C71H88Cl2NaO34P2S8+. The van der Waals surface area contributed by atoms with Gasteiger partial charge in [-0.2, -0.15) is 25.3 Å². The van der Waals surface area contributed by atoms with Crippen molar-refractivity contribution in [3.8, 4) is 17.2 Å². The van der Waals surface area contributed by atoms with Gasteiger partial charge in [0.15, 0.2) is 29.6 Å². The molecule has 11 unspecified atom stereocenters. The monoisotopic (exact) mass is 1900 g/mol. The van der Waals surface area contributed by atoms with E-state index in [0.29, 0.717) is 59.5 Å². The van der Waals surface area contributed by atoms with Gasteiger partial charge in [-0.3, -0.25) is 36.5 Å². The van der Waals surface area contributed by atoms with Crippen molar-refractivity contribution in [3.05, 3.63) is 115 Å². The van der Waals surface area contributed by atoms with Crippen LogP contribution in [0.3, 0.4) is 0 Å². The summed E-state index contributed by atoms with van der Waals surface area (Å²) in [5, 5.41) is 5.87. The van der Waals surface area contributed by atoms with Gasteiger partial charge in [-0.1, -0.05) is 77.4 Å². The van der Waals surface area contributed by atoms with E-state index in [1.54, 1.807) is 0 Å². The molecule has 4 bridgehead atoms. The molecule has 9 fully saturated rings. The fourth-order valence-electron chi connectivity index (χ4n) is 14.3.